The number of benzene rings is 1. The highest BCUT2D eigenvalue weighted by Crippen LogP contribution is 2.32. The molecule has 0 amide bonds. The van der Waals surface area contributed by atoms with Crippen LogP contribution in [0.5, 0.6) is 0 Å². The van der Waals surface area contributed by atoms with E-state index in [0.29, 0.717) is 6.04 Å². The number of hydrogen-bond acceptors (Lipinski definition) is 2. The van der Waals surface area contributed by atoms with E-state index in [0.717, 1.165) is 19.4 Å². The van der Waals surface area contributed by atoms with Crippen molar-refractivity contribution < 1.29 is 9.90 Å². The number of hydrogen-bond donors (Lipinski definition) is 1. The summed E-state index contributed by atoms with van der Waals surface area (Å²) >= 11 is 0. The van der Waals surface area contributed by atoms with Crippen molar-refractivity contribution in [2.45, 2.75) is 39.3 Å². The first-order chi connectivity index (χ1) is 8.47. The monoisotopic (exact) mass is 247 g/mol. The van der Waals surface area contributed by atoms with Gasteiger partial charge in [0.05, 0.1) is 5.92 Å². The average molecular weight is 247 g/mol. The van der Waals surface area contributed by atoms with Crippen LogP contribution >= 0.6 is 0 Å². The normalized spacial score (nSPS) is 22.9. The van der Waals surface area contributed by atoms with E-state index in [4.69, 9.17) is 5.11 Å². The zero-order valence-electron chi connectivity index (χ0n) is 11.3. The van der Waals surface area contributed by atoms with Crippen molar-refractivity contribution in [2.75, 3.05) is 7.05 Å². The van der Waals surface area contributed by atoms with E-state index in [9.17, 15) is 4.79 Å². The number of nitrogens with zero attached hydrogens (tertiary/aromatic N) is 1. The molecular formula is C15H21NO2. The smallest absolute Gasteiger partial charge is 0.306 e. The van der Waals surface area contributed by atoms with Crippen LogP contribution in [-0.4, -0.2) is 29.1 Å². The van der Waals surface area contributed by atoms with Crippen LogP contribution in [0.4, 0.5) is 0 Å². The summed E-state index contributed by atoms with van der Waals surface area (Å²) in [5.41, 5.74) is 3.93. The van der Waals surface area contributed by atoms with Crippen LogP contribution < -0.4 is 0 Å². The third kappa shape index (κ3) is 2.72. The number of aliphatic carboxylic acids is 1. The van der Waals surface area contributed by atoms with Crippen LogP contribution in [0.3, 0.4) is 0 Å². The zero-order valence-corrected chi connectivity index (χ0v) is 11.3. The molecule has 0 heterocycles. The van der Waals surface area contributed by atoms with Crippen LogP contribution in [-0.2, 0) is 11.3 Å². The molecule has 1 fully saturated rings. The topological polar surface area (TPSA) is 40.5 Å². The number of rotatable bonds is 4. The van der Waals surface area contributed by atoms with Crippen LogP contribution in [0.1, 0.15) is 29.5 Å². The van der Waals surface area contributed by atoms with E-state index in [-0.39, 0.29) is 5.92 Å². The molecule has 1 saturated carbocycles. The molecule has 1 N–H and O–H groups in total. The first kappa shape index (κ1) is 13.1. The van der Waals surface area contributed by atoms with Gasteiger partial charge in [0.1, 0.15) is 0 Å². The van der Waals surface area contributed by atoms with Crippen LogP contribution in [0.15, 0.2) is 18.2 Å². The zero-order chi connectivity index (χ0) is 13.3. The van der Waals surface area contributed by atoms with Crippen LogP contribution in [0.25, 0.3) is 0 Å². The molecule has 18 heavy (non-hydrogen) atoms. The Morgan fingerprint density at radius 3 is 2.67 bits per heavy atom. The predicted molar refractivity (Wildman–Crippen MR) is 71.5 cm³/mol. The Kier molecular flexibility index (Phi) is 3.71. The minimum atomic E-state index is -0.647. The van der Waals surface area contributed by atoms with Gasteiger partial charge in [0.15, 0.2) is 0 Å². The van der Waals surface area contributed by atoms with E-state index in [2.05, 4.69) is 44.0 Å². The predicted octanol–water partition coefficient (Wildman–Crippen LogP) is 2.60. The van der Waals surface area contributed by atoms with E-state index in [1.54, 1.807) is 0 Å². The third-order valence-corrected chi connectivity index (χ3v) is 4.01. The molecular weight excluding hydrogens is 226 g/mol. The molecule has 0 radical (unpaired) electrons. The Hall–Kier alpha value is -1.35. The van der Waals surface area contributed by atoms with Gasteiger partial charge in [-0.1, -0.05) is 23.8 Å². The molecule has 1 aliphatic carbocycles. The summed E-state index contributed by atoms with van der Waals surface area (Å²) in [5, 5.41) is 8.88. The highest BCUT2D eigenvalue weighted by atomic mass is 16.4. The second-order valence-corrected chi connectivity index (χ2v) is 5.51. The van der Waals surface area contributed by atoms with Gasteiger partial charge >= 0.3 is 5.97 Å². The lowest BCUT2D eigenvalue weighted by molar-refractivity contribution is -0.146. The molecule has 3 nitrogen and oxygen atoms in total. The van der Waals surface area contributed by atoms with Crippen LogP contribution in [0.2, 0.25) is 0 Å². The maximum absolute atomic E-state index is 10.8. The molecule has 2 rings (SSSR count). The molecule has 0 unspecified atom stereocenters. The largest absolute Gasteiger partial charge is 0.481 e. The fourth-order valence-electron chi connectivity index (χ4n) is 2.52. The van der Waals surface area contributed by atoms with Gasteiger partial charge in [-0.2, -0.15) is 0 Å². The van der Waals surface area contributed by atoms with Crippen molar-refractivity contribution >= 4 is 5.97 Å². The average Bonchev–Trinajstić information content (AvgIpc) is 2.20. The minimum Gasteiger partial charge on any atom is -0.481 e. The van der Waals surface area contributed by atoms with Gasteiger partial charge in [0.25, 0.3) is 0 Å². The van der Waals surface area contributed by atoms with Gasteiger partial charge in [-0.25, -0.2) is 0 Å². The van der Waals surface area contributed by atoms with Gasteiger partial charge < -0.3 is 5.11 Å². The number of carboxylic acid groups (broad SMARTS) is 1. The summed E-state index contributed by atoms with van der Waals surface area (Å²) < 4.78 is 0. The lowest BCUT2D eigenvalue weighted by Gasteiger charge is -2.39. The van der Waals surface area contributed by atoms with Crippen molar-refractivity contribution in [2.24, 2.45) is 5.92 Å². The number of carbonyl (C=O) groups is 1. The maximum Gasteiger partial charge on any atom is 0.306 e. The molecule has 0 bridgehead atoms. The second kappa shape index (κ2) is 5.11. The Labute approximate surface area is 108 Å². The lowest BCUT2D eigenvalue weighted by Crippen LogP contribution is -2.44. The number of aryl methyl sites for hydroxylation is 2. The SMILES string of the molecule is Cc1ccc(C)c(CN(C)C2CC(C(=O)O)C2)c1. The quantitative estimate of drug-likeness (QED) is 0.889. The van der Waals surface area contributed by atoms with E-state index in [1.807, 2.05) is 0 Å². The Balaban J connectivity index is 1.94. The summed E-state index contributed by atoms with van der Waals surface area (Å²) in [6.45, 7) is 5.14. The standard InChI is InChI=1S/C15H21NO2/c1-10-4-5-11(2)13(6-10)9-16(3)14-7-12(8-14)15(17)18/h4-6,12,14H,7-9H2,1-3H3,(H,17,18). The van der Waals surface area contributed by atoms with Gasteiger partial charge in [0.2, 0.25) is 0 Å². The summed E-state index contributed by atoms with van der Waals surface area (Å²) in [5.74, 6) is -0.776. The fourth-order valence-corrected chi connectivity index (χ4v) is 2.52. The lowest BCUT2D eigenvalue weighted by atomic mass is 9.79. The maximum atomic E-state index is 10.8. The molecule has 98 valence electrons. The van der Waals surface area contributed by atoms with E-state index in [1.165, 1.54) is 16.7 Å². The van der Waals surface area contributed by atoms with Crippen LogP contribution in [0, 0.1) is 19.8 Å². The van der Waals surface area contributed by atoms with Crippen molar-refractivity contribution in [3.63, 3.8) is 0 Å². The fraction of sp³-hybridized carbons (Fsp3) is 0.533. The Morgan fingerprint density at radius 1 is 1.39 bits per heavy atom. The molecule has 1 aromatic carbocycles. The molecule has 0 aromatic heterocycles. The van der Waals surface area contributed by atoms with Crippen molar-refractivity contribution in [3.05, 3.63) is 34.9 Å². The molecule has 0 atom stereocenters. The molecule has 1 aromatic rings. The van der Waals surface area contributed by atoms with Gasteiger partial charge in [0, 0.05) is 12.6 Å². The van der Waals surface area contributed by atoms with E-state index >= 15 is 0 Å². The first-order valence-electron chi connectivity index (χ1n) is 6.46. The highest BCUT2D eigenvalue weighted by Gasteiger charge is 2.36. The van der Waals surface area contributed by atoms with Gasteiger partial charge in [-0.15, -0.1) is 0 Å². The molecule has 0 saturated heterocycles. The van der Waals surface area contributed by atoms with Crippen molar-refractivity contribution in [3.8, 4) is 0 Å². The summed E-state index contributed by atoms with van der Waals surface area (Å²) in [6, 6.07) is 6.92. The molecule has 3 heteroatoms. The molecule has 1 aliphatic rings. The van der Waals surface area contributed by atoms with Crippen molar-refractivity contribution in [1.29, 1.82) is 0 Å². The van der Waals surface area contributed by atoms with Gasteiger partial charge in [-0.3, -0.25) is 9.69 Å². The summed E-state index contributed by atoms with van der Waals surface area (Å²) in [6.07, 6.45) is 1.58. The number of carboxylic acids is 1. The highest BCUT2D eigenvalue weighted by molar-refractivity contribution is 5.71. The van der Waals surface area contributed by atoms with Gasteiger partial charge in [-0.05, 0) is 44.9 Å². The second-order valence-electron chi connectivity index (χ2n) is 5.51. The summed E-state index contributed by atoms with van der Waals surface area (Å²) in [7, 11) is 2.09. The Morgan fingerprint density at radius 2 is 2.06 bits per heavy atom. The third-order valence-electron chi connectivity index (χ3n) is 4.01. The Bertz CT molecular complexity index is 450. The summed E-state index contributed by atoms with van der Waals surface area (Å²) in [4.78, 5) is 13.1. The molecule has 0 aliphatic heterocycles. The first-order valence-corrected chi connectivity index (χ1v) is 6.46. The van der Waals surface area contributed by atoms with Crippen molar-refractivity contribution in [1.82, 2.24) is 4.90 Å². The molecule has 0 spiro atoms. The minimum absolute atomic E-state index is 0.129. The van der Waals surface area contributed by atoms with E-state index < -0.39 is 5.97 Å².